The van der Waals surface area contributed by atoms with Gasteiger partial charge >= 0.3 is 0 Å². The molecule has 3 rings (SSSR count). The van der Waals surface area contributed by atoms with Crippen molar-refractivity contribution in [2.24, 2.45) is 0 Å². The zero-order valence-corrected chi connectivity index (χ0v) is 14.8. The fraction of sp³-hybridized carbons (Fsp3) is 0.167. The van der Waals surface area contributed by atoms with Gasteiger partial charge in [0.05, 0.1) is 30.4 Å². The molecule has 0 saturated carbocycles. The fourth-order valence-electron chi connectivity index (χ4n) is 2.55. The maximum atomic E-state index is 11.1. The van der Waals surface area contributed by atoms with Gasteiger partial charge in [0.25, 0.3) is 5.69 Å². The summed E-state index contributed by atoms with van der Waals surface area (Å²) in [4.78, 5) is 15.4. The average Bonchev–Trinajstić information content (AvgIpc) is 3.10. The van der Waals surface area contributed by atoms with Crippen LogP contribution in [0.15, 0.2) is 41.8 Å². The molecule has 0 atom stereocenters. The second-order valence-corrected chi connectivity index (χ2v) is 6.20. The summed E-state index contributed by atoms with van der Waals surface area (Å²) in [5.41, 5.74) is 2.93. The van der Waals surface area contributed by atoms with Gasteiger partial charge < -0.3 is 9.47 Å². The number of rotatable bonds is 5. The van der Waals surface area contributed by atoms with Crippen LogP contribution in [0.2, 0.25) is 0 Å². The van der Waals surface area contributed by atoms with Crippen LogP contribution < -0.4 is 9.47 Å². The normalized spacial score (nSPS) is 10.5. The second-order valence-electron chi connectivity index (χ2n) is 5.34. The molecule has 1 aromatic heterocycles. The van der Waals surface area contributed by atoms with Crippen molar-refractivity contribution in [2.45, 2.75) is 6.92 Å². The summed E-state index contributed by atoms with van der Waals surface area (Å²) in [7, 11) is 3.17. The quantitative estimate of drug-likeness (QED) is 0.489. The molecule has 6 nitrogen and oxygen atoms in total. The van der Waals surface area contributed by atoms with Crippen molar-refractivity contribution in [3.8, 4) is 33.3 Å². The van der Waals surface area contributed by atoms with E-state index in [1.807, 2.05) is 29.6 Å². The number of methoxy groups -OCH3 is 2. The molecule has 0 aliphatic carbocycles. The van der Waals surface area contributed by atoms with Crippen molar-refractivity contribution in [2.75, 3.05) is 14.2 Å². The van der Waals surface area contributed by atoms with E-state index in [0.717, 1.165) is 10.6 Å². The summed E-state index contributed by atoms with van der Waals surface area (Å²) in [5, 5.41) is 13.8. The van der Waals surface area contributed by atoms with E-state index in [0.29, 0.717) is 28.3 Å². The lowest BCUT2D eigenvalue weighted by atomic mass is 10.1. The van der Waals surface area contributed by atoms with Crippen molar-refractivity contribution in [1.82, 2.24) is 4.98 Å². The number of aryl methyl sites for hydroxylation is 1. The van der Waals surface area contributed by atoms with Gasteiger partial charge in [0.1, 0.15) is 5.01 Å². The minimum atomic E-state index is -0.378. The Bertz CT molecular complexity index is 937. The number of benzene rings is 2. The van der Waals surface area contributed by atoms with E-state index >= 15 is 0 Å². The van der Waals surface area contributed by atoms with Gasteiger partial charge in [0.15, 0.2) is 11.5 Å². The summed E-state index contributed by atoms with van der Waals surface area (Å²) in [6.07, 6.45) is 0. The zero-order chi connectivity index (χ0) is 18.0. The van der Waals surface area contributed by atoms with Crippen LogP contribution in [0.25, 0.3) is 21.8 Å². The minimum Gasteiger partial charge on any atom is -0.493 e. The first-order valence-corrected chi connectivity index (χ1v) is 8.35. The average molecular weight is 356 g/mol. The van der Waals surface area contributed by atoms with Crippen molar-refractivity contribution in [1.29, 1.82) is 0 Å². The van der Waals surface area contributed by atoms with Crippen LogP contribution >= 0.6 is 11.3 Å². The molecule has 0 N–H and O–H groups in total. The van der Waals surface area contributed by atoms with Crippen LogP contribution in [-0.4, -0.2) is 24.1 Å². The summed E-state index contributed by atoms with van der Waals surface area (Å²) >= 11 is 1.45. The molecule has 0 spiro atoms. The van der Waals surface area contributed by atoms with Gasteiger partial charge in [-0.15, -0.1) is 11.3 Å². The molecule has 25 heavy (non-hydrogen) atoms. The van der Waals surface area contributed by atoms with Crippen molar-refractivity contribution in [3.05, 3.63) is 57.5 Å². The van der Waals surface area contributed by atoms with E-state index in [1.54, 1.807) is 33.3 Å². The van der Waals surface area contributed by atoms with E-state index in [4.69, 9.17) is 9.47 Å². The Morgan fingerprint density at radius 2 is 1.96 bits per heavy atom. The summed E-state index contributed by atoms with van der Waals surface area (Å²) in [6.45, 7) is 1.72. The number of hydrogen-bond acceptors (Lipinski definition) is 6. The smallest absolute Gasteiger partial charge is 0.272 e. The second kappa shape index (κ2) is 6.90. The lowest BCUT2D eigenvalue weighted by molar-refractivity contribution is -0.385. The van der Waals surface area contributed by atoms with Crippen LogP contribution in [0.5, 0.6) is 11.5 Å². The van der Waals surface area contributed by atoms with Gasteiger partial charge in [0, 0.05) is 22.6 Å². The molecule has 0 bridgehead atoms. The maximum absolute atomic E-state index is 11.1. The summed E-state index contributed by atoms with van der Waals surface area (Å²) in [5.74, 6) is 1.24. The van der Waals surface area contributed by atoms with E-state index in [2.05, 4.69) is 4.98 Å². The Morgan fingerprint density at radius 3 is 2.64 bits per heavy atom. The molecule has 2 aromatic carbocycles. The highest BCUT2D eigenvalue weighted by molar-refractivity contribution is 7.13. The number of aromatic nitrogens is 1. The van der Waals surface area contributed by atoms with Crippen molar-refractivity contribution >= 4 is 17.0 Å². The Kier molecular flexibility index (Phi) is 4.67. The first-order chi connectivity index (χ1) is 12.0. The maximum Gasteiger partial charge on any atom is 0.272 e. The first kappa shape index (κ1) is 16.9. The van der Waals surface area contributed by atoms with Gasteiger partial charge in [0.2, 0.25) is 0 Å². The third-order valence-electron chi connectivity index (χ3n) is 3.84. The molecule has 128 valence electrons. The standard InChI is InChI=1S/C18H16N2O4S/c1-11-7-8-12(9-15(11)20(21)22)14-10-25-18(19-14)13-5-4-6-16(23-2)17(13)24-3/h4-10H,1-3H3. The van der Waals surface area contributed by atoms with E-state index in [1.165, 1.54) is 11.3 Å². The molecule has 0 unspecified atom stereocenters. The van der Waals surface area contributed by atoms with Crippen LogP contribution in [0.3, 0.4) is 0 Å². The molecule has 0 amide bonds. The Balaban J connectivity index is 2.05. The molecule has 0 radical (unpaired) electrons. The Hall–Kier alpha value is -2.93. The van der Waals surface area contributed by atoms with Crippen LogP contribution in [0, 0.1) is 17.0 Å². The molecule has 1 heterocycles. The largest absolute Gasteiger partial charge is 0.493 e. The molecular formula is C18H16N2O4S. The highest BCUT2D eigenvalue weighted by Gasteiger charge is 2.17. The number of thiazole rings is 1. The molecular weight excluding hydrogens is 340 g/mol. The topological polar surface area (TPSA) is 74.5 Å². The molecule has 0 saturated heterocycles. The fourth-order valence-corrected chi connectivity index (χ4v) is 3.40. The number of nitro benzene ring substituents is 1. The lowest BCUT2D eigenvalue weighted by Crippen LogP contribution is -1.93. The van der Waals surface area contributed by atoms with Crippen LogP contribution in [0.1, 0.15) is 5.56 Å². The van der Waals surface area contributed by atoms with Gasteiger partial charge in [-0.05, 0) is 19.1 Å². The van der Waals surface area contributed by atoms with Gasteiger partial charge in [-0.25, -0.2) is 4.98 Å². The SMILES string of the molecule is COc1cccc(-c2nc(-c3ccc(C)c([N+](=O)[O-])c3)cs2)c1OC. The number of nitrogens with zero attached hydrogens (tertiary/aromatic N) is 2. The molecule has 0 aliphatic rings. The Morgan fingerprint density at radius 1 is 1.16 bits per heavy atom. The minimum absolute atomic E-state index is 0.0889. The number of nitro groups is 1. The predicted octanol–water partition coefficient (Wildman–Crippen LogP) is 4.71. The highest BCUT2D eigenvalue weighted by Crippen LogP contribution is 2.40. The zero-order valence-electron chi connectivity index (χ0n) is 14.0. The van der Waals surface area contributed by atoms with Crippen LogP contribution in [-0.2, 0) is 0 Å². The van der Waals surface area contributed by atoms with Gasteiger partial charge in [-0.2, -0.15) is 0 Å². The molecule has 0 fully saturated rings. The monoisotopic (exact) mass is 356 g/mol. The van der Waals surface area contributed by atoms with Crippen molar-refractivity contribution < 1.29 is 14.4 Å². The lowest BCUT2D eigenvalue weighted by Gasteiger charge is -2.10. The van der Waals surface area contributed by atoms with Crippen molar-refractivity contribution in [3.63, 3.8) is 0 Å². The highest BCUT2D eigenvalue weighted by atomic mass is 32.1. The molecule has 0 aliphatic heterocycles. The van der Waals surface area contributed by atoms with Crippen LogP contribution in [0.4, 0.5) is 5.69 Å². The third kappa shape index (κ3) is 3.18. The number of hydrogen-bond donors (Lipinski definition) is 0. The van der Waals surface area contributed by atoms with E-state index in [-0.39, 0.29) is 10.6 Å². The number of para-hydroxylation sites is 1. The summed E-state index contributed by atoms with van der Waals surface area (Å²) < 4.78 is 10.8. The number of ether oxygens (including phenoxy) is 2. The van der Waals surface area contributed by atoms with Gasteiger partial charge in [-0.1, -0.05) is 18.2 Å². The van der Waals surface area contributed by atoms with Gasteiger partial charge in [-0.3, -0.25) is 10.1 Å². The van der Waals surface area contributed by atoms with E-state index in [9.17, 15) is 10.1 Å². The predicted molar refractivity (Wildman–Crippen MR) is 97.5 cm³/mol. The Labute approximate surface area is 148 Å². The van der Waals surface area contributed by atoms with E-state index < -0.39 is 0 Å². The molecule has 7 heteroatoms. The molecule has 3 aromatic rings. The summed E-state index contributed by atoms with van der Waals surface area (Å²) in [6, 6.07) is 10.7. The first-order valence-electron chi connectivity index (χ1n) is 7.47. The third-order valence-corrected chi connectivity index (χ3v) is 4.71.